The minimum atomic E-state index is -0.0938. The molecule has 0 aromatic heterocycles. The molecule has 0 saturated heterocycles. The number of carbonyl (C=O) groups is 1. The van der Waals surface area contributed by atoms with Crippen molar-refractivity contribution in [1.82, 2.24) is 0 Å². The van der Waals surface area contributed by atoms with Gasteiger partial charge in [0.1, 0.15) is 6.61 Å². The first-order valence-corrected chi connectivity index (χ1v) is 5.04. The maximum Gasteiger partial charge on any atom is 0.308 e. The average molecular weight is 184 g/mol. The second-order valence-corrected chi connectivity index (χ2v) is 3.20. The van der Waals surface area contributed by atoms with Gasteiger partial charge in [-0.05, 0) is 12.8 Å². The van der Waals surface area contributed by atoms with Crippen molar-refractivity contribution < 1.29 is 9.53 Å². The van der Waals surface area contributed by atoms with Crippen LogP contribution in [0.4, 0.5) is 0 Å². The first-order valence-electron chi connectivity index (χ1n) is 5.04. The molecule has 0 N–H and O–H groups in total. The number of hydrogen-bond donors (Lipinski definition) is 0. The van der Waals surface area contributed by atoms with Crippen LogP contribution in [0.2, 0.25) is 0 Å². The summed E-state index contributed by atoms with van der Waals surface area (Å²) >= 11 is 0. The van der Waals surface area contributed by atoms with Crippen molar-refractivity contribution in [2.24, 2.45) is 5.92 Å². The lowest BCUT2D eigenvalue weighted by molar-refractivity contribution is -0.146. The predicted octanol–water partition coefficient (Wildman–Crippen LogP) is 2.93. The summed E-state index contributed by atoms with van der Waals surface area (Å²) in [6.45, 7) is 6.41. The Morgan fingerprint density at radius 1 is 1.38 bits per heavy atom. The van der Waals surface area contributed by atoms with Gasteiger partial charge in [-0.1, -0.05) is 39.3 Å². The van der Waals surface area contributed by atoms with Gasteiger partial charge in [0.05, 0.1) is 5.92 Å². The molecule has 0 heterocycles. The van der Waals surface area contributed by atoms with Gasteiger partial charge in [0.15, 0.2) is 0 Å². The number of rotatable bonds is 6. The Balaban J connectivity index is 3.47. The Morgan fingerprint density at radius 3 is 2.62 bits per heavy atom. The predicted molar refractivity (Wildman–Crippen MR) is 54.5 cm³/mol. The summed E-state index contributed by atoms with van der Waals surface area (Å²) in [6, 6.07) is 0. The standard InChI is InChI=1S/C11H20O2/c1-4-6-7-8-9-13-11(12)10(3)5-2/h7-8,10H,4-6,9H2,1-3H3/b8-7-. The van der Waals surface area contributed by atoms with E-state index in [4.69, 9.17) is 4.74 Å². The van der Waals surface area contributed by atoms with Crippen LogP contribution in [-0.2, 0) is 9.53 Å². The molecule has 0 rings (SSSR count). The first kappa shape index (κ1) is 12.2. The highest BCUT2D eigenvalue weighted by Gasteiger charge is 2.10. The van der Waals surface area contributed by atoms with E-state index in [1.54, 1.807) is 0 Å². The van der Waals surface area contributed by atoms with Crippen LogP contribution < -0.4 is 0 Å². The molecule has 13 heavy (non-hydrogen) atoms. The zero-order valence-corrected chi connectivity index (χ0v) is 8.88. The van der Waals surface area contributed by atoms with Crippen LogP contribution in [0.1, 0.15) is 40.0 Å². The molecule has 0 aliphatic carbocycles. The second kappa shape index (κ2) is 7.84. The highest BCUT2D eigenvalue weighted by atomic mass is 16.5. The van der Waals surface area contributed by atoms with Crippen molar-refractivity contribution in [3.05, 3.63) is 12.2 Å². The van der Waals surface area contributed by atoms with E-state index in [0.717, 1.165) is 19.3 Å². The van der Waals surface area contributed by atoms with E-state index in [9.17, 15) is 4.79 Å². The van der Waals surface area contributed by atoms with Crippen LogP contribution in [0.3, 0.4) is 0 Å². The summed E-state index contributed by atoms with van der Waals surface area (Å²) < 4.78 is 5.02. The quantitative estimate of drug-likeness (QED) is 0.468. The lowest BCUT2D eigenvalue weighted by Gasteiger charge is -2.06. The van der Waals surface area contributed by atoms with Crippen molar-refractivity contribution in [2.75, 3.05) is 6.61 Å². The van der Waals surface area contributed by atoms with Gasteiger partial charge in [-0.3, -0.25) is 4.79 Å². The average Bonchev–Trinajstić information content (AvgIpc) is 2.16. The summed E-state index contributed by atoms with van der Waals surface area (Å²) in [4.78, 5) is 11.2. The lowest BCUT2D eigenvalue weighted by Crippen LogP contribution is -2.13. The molecule has 0 spiro atoms. The minimum Gasteiger partial charge on any atom is -0.461 e. The number of ether oxygens (including phenoxy) is 1. The van der Waals surface area contributed by atoms with E-state index in [1.807, 2.05) is 26.0 Å². The maximum atomic E-state index is 11.2. The molecule has 0 bridgehead atoms. The van der Waals surface area contributed by atoms with Crippen LogP contribution in [0, 0.1) is 5.92 Å². The molecule has 76 valence electrons. The Labute approximate surface area is 81.0 Å². The highest BCUT2D eigenvalue weighted by molar-refractivity contribution is 5.71. The summed E-state index contributed by atoms with van der Waals surface area (Å²) in [7, 11) is 0. The molecule has 2 nitrogen and oxygen atoms in total. The van der Waals surface area contributed by atoms with Gasteiger partial charge in [0.25, 0.3) is 0 Å². The smallest absolute Gasteiger partial charge is 0.308 e. The van der Waals surface area contributed by atoms with Gasteiger partial charge in [0, 0.05) is 0 Å². The second-order valence-electron chi connectivity index (χ2n) is 3.20. The largest absolute Gasteiger partial charge is 0.461 e. The van der Waals surface area contributed by atoms with Crippen molar-refractivity contribution in [3.63, 3.8) is 0 Å². The summed E-state index contributed by atoms with van der Waals surface area (Å²) in [5.41, 5.74) is 0. The molecule has 1 unspecified atom stereocenters. The number of carbonyl (C=O) groups excluding carboxylic acids is 1. The molecule has 0 radical (unpaired) electrons. The van der Waals surface area contributed by atoms with Crippen LogP contribution in [-0.4, -0.2) is 12.6 Å². The topological polar surface area (TPSA) is 26.3 Å². The van der Waals surface area contributed by atoms with Crippen LogP contribution >= 0.6 is 0 Å². The van der Waals surface area contributed by atoms with Crippen molar-refractivity contribution in [2.45, 2.75) is 40.0 Å². The van der Waals surface area contributed by atoms with E-state index < -0.39 is 0 Å². The summed E-state index contributed by atoms with van der Waals surface area (Å²) in [5, 5.41) is 0. The molecular formula is C11H20O2. The van der Waals surface area contributed by atoms with Crippen molar-refractivity contribution >= 4 is 5.97 Å². The third-order valence-electron chi connectivity index (χ3n) is 1.96. The van der Waals surface area contributed by atoms with Crippen LogP contribution in [0.5, 0.6) is 0 Å². The maximum absolute atomic E-state index is 11.2. The molecule has 0 saturated carbocycles. The van der Waals surface area contributed by atoms with E-state index in [0.29, 0.717) is 6.61 Å². The van der Waals surface area contributed by atoms with Gasteiger partial charge in [-0.2, -0.15) is 0 Å². The first-order chi connectivity index (χ1) is 6.22. The summed E-state index contributed by atoms with van der Waals surface area (Å²) in [6.07, 6.45) is 6.99. The molecule has 0 aliphatic rings. The number of allylic oxidation sites excluding steroid dienone is 1. The van der Waals surface area contributed by atoms with Gasteiger partial charge in [-0.15, -0.1) is 0 Å². The number of esters is 1. The van der Waals surface area contributed by atoms with Crippen molar-refractivity contribution in [1.29, 1.82) is 0 Å². The molecule has 0 fully saturated rings. The molecule has 0 aromatic rings. The third-order valence-corrected chi connectivity index (χ3v) is 1.96. The Bertz CT molecular complexity index is 161. The fourth-order valence-corrected chi connectivity index (χ4v) is 0.792. The molecule has 0 aliphatic heterocycles. The Hall–Kier alpha value is -0.790. The third kappa shape index (κ3) is 6.38. The van der Waals surface area contributed by atoms with E-state index in [1.165, 1.54) is 0 Å². The SMILES string of the molecule is CCC/C=C\COC(=O)C(C)CC. The fraction of sp³-hybridized carbons (Fsp3) is 0.727. The van der Waals surface area contributed by atoms with Crippen molar-refractivity contribution in [3.8, 4) is 0 Å². The van der Waals surface area contributed by atoms with Gasteiger partial charge in [-0.25, -0.2) is 0 Å². The fourth-order valence-electron chi connectivity index (χ4n) is 0.792. The highest BCUT2D eigenvalue weighted by Crippen LogP contribution is 2.02. The minimum absolute atomic E-state index is 0.0274. The van der Waals surface area contributed by atoms with Crippen LogP contribution in [0.25, 0.3) is 0 Å². The molecule has 0 amide bonds. The van der Waals surface area contributed by atoms with Gasteiger partial charge >= 0.3 is 5.97 Å². The monoisotopic (exact) mass is 184 g/mol. The van der Waals surface area contributed by atoms with E-state index in [2.05, 4.69) is 6.92 Å². The van der Waals surface area contributed by atoms with Crippen LogP contribution in [0.15, 0.2) is 12.2 Å². The molecule has 2 heteroatoms. The zero-order chi connectivity index (χ0) is 10.1. The lowest BCUT2D eigenvalue weighted by atomic mass is 10.1. The van der Waals surface area contributed by atoms with E-state index in [-0.39, 0.29) is 11.9 Å². The zero-order valence-electron chi connectivity index (χ0n) is 8.88. The Kier molecular flexibility index (Phi) is 7.36. The number of hydrogen-bond acceptors (Lipinski definition) is 2. The molecule has 0 aromatic carbocycles. The number of unbranched alkanes of at least 4 members (excludes halogenated alkanes) is 1. The Morgan fingerprint density at radius 2 is 2.08 bits per heavy atom. The van der Waals surface area contributed by atoms with E-state index >= 15 is 0 Å². The molecule has 1 atom stereocenters. The normalized spacial score (nSPS) is 13.2. The van der Waals surface area contributed by atoms with Gasteiger partial charge < -0.3 is 4.74 Å². The summed E-state index contributed by atoms with van der Waals surface area (Å²) in [5.74, 6) is -0.0665. The van der Waals surface area contributed by atoms with Gasteiger partial charge in [0.2, 0.25) is 0 Å². The molecular weight excluding hydrogens is 164 g/mol.